The summed E-state index contributed by atoms with van der Waals surface area (Å²) in [7, 11) is 0. The lowest BCUT2D eigenvalue weighted by Crippen LogP contribution is -2.30. The molecule has 0 aromatic carbocycles. The fourth-order valence-corrected chi connectivity index (χ4v) is 9.67. The number of esters is 3. The first kappa shape index (κ1) is 70.6. The molecule has 1 atom stereocenters. The average molecular weight is 1030 g/mol. The summed E-state index contributed by atoms with van der Waals surface area (Å²) in [6.45, 7) is 6.67. The molecule has 0 bridgehead atoms. The Labute approximate surface area is 455 Å². The van der Waals surface area contributed by atoms with Crippen molar-refractivity contribution >= 4 is 17.9 Å². The number of carbonyl (C=O) groups excluding carboxylic acids is 3. The first-order valence-corrected chi connectivity index (χ1v) is 32.5. The van der Waals surface area contributed by atoms with Crippen LogP contribution in [0.4, 0.5) is 0 Å². The maximum Gasteiger partial charge on any atom is 0.306 e. The Hall–Kier alpha value is -2.37. The van der Waals surface area contributed by atoms with E-state index in [0.29, 0.717) is 19.3 Å². The van der Waals surface area contributed by atoms with E-state index in [-0.39, 0.29) is 31.1 Å². The van der Waals surface area contributed by atoms with Gasteiger partial charge in [0.1, 0.15) is 13.2 Å². The van der Waals surface area contributed by atoms with Crippen LogP contribution in [0.1, 0.15) is 355 Å². The molecule has 0 N–H and O–H groups in total. The lowest BCUT2D eigenvalue weighted by Gasteiger charge is -2.18. The van der Waals surface area contributed by atoms with Gasteiger partial charge in [-0.25, -0.2) is 0 Å². The van der Waals surface area contributed by atoms with Crippen LogP contribution < -0.4 is 0 Å². The molecule has 0 spiro atoms. The minimum atomic E-state index is -0.776. The molecule has 0 aliphatic carbocycles. The van der Waals surface area contributed by atoms with E-state index >= 15 is 0 Å². The predicted octanol–water partition coefficient (Wildman–Crippen LogP) is 22.0. The minimum Gasteiger partial charge on any atom is -0.462 e. The van der Waals surface area contributed by atoms with Crippen molar-refractivity contribution in [3.63, 3.8) is 0 Å². The van der Waals surface area contributed by atoms with Crippen LogP contribution in [0.15, 0.2) is 36.5 Å². The number of allylic oxidation sites excluding steroid dienone is 6. The third-order valence-electron chi connectivity index (χ3n) is 14.6. The number of carbonyl (C=O) groups is 3. The van der Waals surface area contributed by atoms with Gasteiger partial charge in [0.25, 0.3) is 0 Å². The van der Waals surface area contributed by atoms with Crippen LogP contribution in [0.25, 0.3) is 0 Å². The molecule has 6 heteroatoms. The zero-order chi connectivity index (χ0) is 52.9. The van der Waals surface area contributed by atoms with Crippen LogP contribution >= 0.6 is 0 Å². The summed E-state index contributed by atoms with van der Waals surface area (Å²) in [6.07, 6.45) is 75.8. The third kappa shape index (κ3) is 60.4. The molecule has 0 aromatic heterocycles. The molecule has 0 aliphatic rings. The van der Waals surface area contributed by atoms with Crippen molar-refractivity contribution in [3.8, 4) is 0 Å². The standard InChI is InChI=1S/C67H124O6/c1-4-7-10-13-16-19-22-25-27-29-31-32-33-34-36-37-39-42-45-48-51-54-57-60-66(69)72-63-64(62-71-65(68)59-56-53-50-47-44-41-24-21-18-15-12-9-6-3)73-67(70)61-58-55-52-49-46-43-40-38-35-30-28-26-23-20-17-14-11-8-5-2/h21,24,26,28-29,31,64H,4-20,22-23,25,27,30,32-63H2,1-3H3/b24-21-,28-26-,31-29-. The van der Waals surface area contributed by atoms with Gasteiger partial charge in [0, 0.05) is 19.3 Å². The van der Waals surface area contributed by atoms with Gasteiger partial charge in [0.05, 0.1) is 0 Å². The first-order chi connectivity index (χ1) is 36.0. The Morgan fingerprint density at radius 1 is 0.260 bits per heavy atom. The zero-order valence-electron chi connectivity index (χ0n) is 49.2. The quantitative estimate of drug-likeness (QED) is 0.0261. The molecule has 73 heavy (non-hydrogen) atoms. The van der Waals surface area contributed by atoms with Crippen LogP contribution in [-0.2, 0) is 28.6 Å². The van der Waals surface area contributed by atoms with E-state index in [1.807, 2.05) is 0 Å². The van der Waals surface area contributed by atoms with E-state index in [1.165, 1.54) is 250 Å². The van der Waals surface area contributed by atoms with E-state index in [9.17, 15) is 14.4 Å². The van der Waals surface area contributed by atoms with E-state index in [4.69, 9.17) is 14.2 Å². The van der Waals surface area contributed by atoms with Gasteiger partial charge in [0.15, 0.2) is 6.10 Å². The molecule has 0 aromatic rings. The molecule has 0 fully saturated rings. The number of hydrogen-bond acceptors (Lipinski definition) is 6. The molecule has 0 amide bonds. The normalized spacial score (nSPS) is 12.2. The van der Waals surface area contributed by atoms with Crippen LogP contribution in [0.2, 0.25) is 0 Å². The lowest BCUT2D eigenvalue weighted by atomic mass is 10.0. The molecular formula is C67H124O6. The summed E-state index contributed by atoms with van der Waals surface area (Å²) >= 11 is 0. The molecule has 0 heterocycles. The fraction of sp³-hybridized carbons (Fsp3) is 0.866. The van der Waals surface area contributed by atoms with Gasteiger partial charge in [-0.05, 0) is 96.3 Å². The minimum absolute atomic E-state index is 0.0728. The predicted molar refractivity (Wildman–Crippen MR) is 316 cm³/mol. The summed E-state index contributed by atoms with van der Waals surface area (Å²) < 4.78 is 16.9. The monoisotopic (exact) mass is 1020 g/mol. The smallest absolute Gasteiger partial charge is 0.306 e. The fourth-order valence-electron chi connectivity index (χ4n) is 9.67. The van der Waals surface area contributed by atoms with Gasteiger partial charge >= 0.3 is 17.9 Å². The van der Waals surface area contributed by atoms with Crippen molar-refractivity contribution in [1.29, 1.82) is 0 Å². The average Bonchev–Trinajstić information content (AvgIpc) is 3.39. The van der Waals surface area contributed by atoms with Crippen LogP contribution in [0, 0.1) is 0 Å². The first-order valence-electron chi connectivity index (χ1n) is 32.5. The van der Waals surface area contributed by atoms with Crippen LogP contribution in [0.5, 0.6) is 0 Å². The van der Waals surface area contributed by atoms with Gasteiger partial charge < -0.3 is 14.2 Å². The second kappa shape index (κ2) is 62.2. The molecule has 0 saturated carbocycles. The van der Waals surface area contributed by atoms with Crippen LogP contribution in [0.3, 0.4) is 0 Å². The summed E-state index contributed by atoms with van der Waals surface area (Å²) in [6, 6.07) is 0. The van der Waals surface area contributed by atoms with Gasteiger partial charge in [-0.3, -0.25) is 14.4 Å². The summed E-state index contributed by atoms with van der Waals surface area (Å²) in [5.41, 5.74) is 0. The SMILES string of the molecule is CCCCCC/C=C\CCCCCCCC(=O)OCC(COC(=O)CCCCCCCCCCCCC/C=C\CCCCCCCCCC)OC(=O)CCCCCCCCCCC/C=C\CCCCCCCC. The van der Waals surface area contributed by atoms with Gasteiger partial charge in [-0.15, -0.1) is 0 Å². The van der Waals surface area contributed by atoms with Crippen molar-refractivity contribution in [2.24, 2.45) is 0 Å². The lowest BCUT2D eigenvalue weighted by molar-refractivity contribution is -0.167. The number of ether oxygens (including phenoxy) is 3. The molecular weight excluding hydrogens is 901 g/mol. The summed E-state index contributed by atoms with van der Waals surface area (Å²) in [5, 5.41) is 0. The molecule has 0 rings (SSSR count). The molecule has 0 saturated heterocycles. The molecule has 6 nitrogen and oxygen atoms in total. The topological polar surface area (TPSA) is 78.9 Å². The highest BCUT2D eigenvalue weighted by Crippen LogP contribution is 2.17. The maximum atomic E-state index is 12.9. The number of unbranched alkanes of at least 4 members (excludes halogenated alkanes) is 43. The summed E-state index contributed by atoms with van der Waals surface area (Å²) in [4.78, 5) is 38.3. The Kier molecular flexibility index (Phi) is 60.2. The van der Waals surface area contributed by atoms with E-state index in [2.05, 4.69) is 57.2 Å². The van der Waals surface area contributed by atoms with E-state index in [0.717, 1.165) is 64.2 Å². The third-order valence-corrected chi connectivity index (χ3v) is 14.6. The van der Waals surface area contributed by atoms with Crippen LogP contribution in [-0.4, -0.2) is 37.2 Å². The van der Waals surface area contributed by atoms with Crippen molar-refractivity contribution in [2.75, 3.05) is 13.2 Å². The molecule has 1 unspecified atom stereocenters. The second-order valence-electron chi connectivity index (χ2n) is 22.0. The van der Waals surface area contributed by atoms with E-state index < -0.39 is 6.10 Å². The largest absolute Gasteiger partial charge is 0.462 e. The van der Waals surface area contributed by atoms with Gasteiger partial charge in [-0.2, -0.15) is 0 Å². The second-order valence-corrected chi connectivity index (χ2v) is 22.0. The molecule has 428 valence electrons. The van der Waals surface area contributed by atoms with Crippen molar-refractivity contribution < 1.29 is 28.6 Å². The zero-order valence-corrected chi connectivity index (χ0v) is 49.2. The van der Waals surface area contributed by atoms with Gasteiger partial charge in [0.2, 0.25) is 0 Å². The highest BCUT2D eigenvalue weighted by Gasteiger charge is 2.19. The molecule has 0 radical (unpaired) electrons. The number of hydrogen-bond donors (Lipinski definition) is 0. The number of rotatable bonds is 60. The van der Waals surface area contributed by atoms with Crippen molar-refractivity contribution in [2.45, 2.75) is 361 Å². The van der Waals surface area contributed by atoms with Gasteiger partial charge in [-0.1, -0.05) is 276 Å². The Bertz CT molecular complexity index is 1220. The van der Waals surface area contributed by atoms with Crippen molar-refractivity contribution in [3.05, 3.63) is 36.5 Å². The van der Waals surface area contributed by atoms with Crippen molar-refractivity contribution in [1.82, 2.24) is 0 Å². The highest BCUT2D eigenvalue weighted by atomic mass is 16.6. The molecule has 0 aliphatic heterocycles. The van der Waals surface area contributed by atoms with E-state index in [1.54, 1.807) is 0 Å². The highest BCUT2D eigenvalue weighted by molar-refractivity contribution is 5.71. The Morgan fingerprint density at radius 3 is 0.699 bits per heavy atom. The summed E-state index contributed by atoms with van der Waals surface area (Å²) in [5.74, 6) is -0.863. The maximum absolute atomic E-state index is 12.9. The Morgan fingerprint density at radius 2 is 0.452 bits per heavy atom. The Balaban J connectivity index is 4.28.